The maximum absolute atomic E-state index is 11.6. The minimum atomic E-state index is 0.0263. The summed E-state index contributed by atoms with van der Waals surface area (Å²) in [5, 5.41) is 5.91. The van der Waals surface area contributed by atoms with Crippen LogP contribution < -0.4 is 16.4 Å². The Bertz CT molecular complexity index is 668. The quantitative estimate of drug-likeness (QED) is 0.565. The number of guanidine groups is 1. The molecule has 0 atom stereocenters. The van der Waals surface area contributed by atoms with Crippen LogP contribution in [0.1, 0.15) is 25.3 Å². The zero-order valence-electron chi connectivity index (χ0n) is 13.3. The van der Waals surface area contributed by atoms with Gasteiger partial charge in [0.15, 0.2) is 5.96 Å². The molecule has 5 nitrogen and oxygen atoms in total. The molecule has 0 aliphatic rings. The second kappa shape index (κ2) is 8.58. The summed E-state index contributed by atoms with van der Waals surface area (Å²) in [7, 11) is 0. The van der Waals surface area contributed by atoms with Gasteiger partial charge < -0.3 is 16.4 Å². The van der Waals surface area contributed by atoms with E-state index in [4.69, 9.17) is 5.73 Å². The van der Waals surface area contributed by atoms with Crippen molar-refractivity contribution < 1.29 is 4.79 Å². The van der Waals surface area contributed by atoms with E-state index in [1.807, 2.05) is 61.5 Å². The number of carbonyl (C=O) groups is 1. The van der Waals surface area contributed by atoms with Gasteiger partial charge in [-0.05, 0) is 36.2 Å². The first kappa shape index (κ1) is 16.5. The first-order chi connectivity index (χ1) is 11.2. The largest absolute Gasteiger partial charge is 0.370 e. The van der Waals surface area contributed by atoms with Gasteiger partial charge in [0.2, 0.25) is 5.91 Å². The summed E-state index contributed by atoms with van der Waals surface area (Å²) < 4.78 is 0. The number of benzene rings is 2. The van der Waals surface area contributed by atoms with Crippen molar-refractivity contribution in [1.29, 1.82) is 0 Å². The first-order valence-electron chi connectivity index (χ1n) is 7.68. The summed E-state index contributed by atoms with van der Waals surface area (Å²) in [5.41, 5.74) is 8.55. The topological polar surface area (TPSA) is 79.5 Å². The molecule has 2 rings (SSSR count). The summed E-state index contributed by atoms with van der Waals surface area (Å²) in [5.74, 6) is 0.384. The number of nitrogens with one attached hydrogen (secondary N) is 2. The maximum atomic E-state index is 11.6. The third-order valence-electron chi connectivity index (χ3n) is 3.17. The van der Waals surface area contributed by atoms with Crippen LogP contribution in [0.4, 0.5) is 11.4 Å². The highest BCUT2D eigenvalue weighted by Crippen LogP contribution is 2.12. The highest BCUT2D eigenvalue weighted by atomic mass is 16.1. The number of rotatable bonds is 6. The van der Waals surface area contributed by atoms with E-state index in [0.29, 0.717) is 18.9 Å². The molecule has 0 unspecified atom stereocenters. The lowest BCUT2D eigenvalue weighted by atomic mass is 10.2. The summed E-state index contributed by atoms with van der Waals surface area (Å²) in [4.78, 5) is 15.9. The molecule has 0 bridgehead atoms. The fourth-order valence-electron chi connectivity index (χ4n) is 2.08. The molecular formula is C18H22N4O. The van der Waals surface area contributed by atoms with Gasteiger partial charge >= 0.3 is 0 Å². The maximum Gasteiger partial charge on any atom is 0.224 e. The molecule has 0 aromatic heterocycles. The van der Waals surface area contributed by atoms with E-state index < -0.39 is 0 Å². The van der Waals surface area contributed by atoms with Crippen molar-refractivity contribution in [2.45, 2.75) is 26.3 Å². The molecule has 2 aromatic carbocycles. The van der Waals surface area contributed by atoms with Crippen LogP contribution in [-0.4, -0.2) is 11.9 Å². The van der Waals surface area contributed by atoms with Crippen molar-refractivity contribution in [2.24, 2.45) is 10.7 Å². The molecule has 0 fully saturated rings. The van der Waals surface area contributed by atoms with Gasteiger partial charge in [-0.3, -0.25) is 4.79 Å². The van der Waals surface area contributed by atoms with E-state index in [-0.39, 0.29) is 5.91 Å². The van der Waals surface area contributed by atoms with Crippen LogP contribution in [0.2, 0.25) is 0 Å². The van der Waals surface area contributed by atoms with Crippen molar-refractivity contribution in [3.63, 3.8) is 0 Å². The second-order valence-electron chi connectivity index (χ2n) is 5.19. The number of nitrogens with zero attached hydrogens (tertiary/aromatic N) is 1. The van der Waals surface area contributed by atoms with Gasteiger partial charge in [-0.1, -0.05) is 37.3 Å². The molecule has 1 amide bonds. The Kier molecular flexibility index (Phi) is 6.17. The fraction of sp³-hybridized carbons (Fsp3) is 0.222. The fourth-order valence-corrected chi connectivity index (χ4v) is 2.08. The standard InChI is InChI=1S/C18H22N4O/c1-2-7-17(23)21-16-11-6-8-14(12-16)13-20-18(19)22-15-9-4-3-5-10-15/h3-6,8-12H,2,7,13H2,1H3,(H,21,23)(H3,19,20,22). The molecule has 0 aliphatic carbocycles. The number of para-hydroxylation sites is 1. The van der Waals surface area contributed by atoms with E-state index in [1.165, 1.54) is 0 Å². The second-order valence-corrected chi connectivity index (χ2v) is 5.19. The van der Waals surface area contributed by atoms with E-state index in [2.05, 4.69) is 15.6 Å². The Balaban J connectivity index is 1.94. The highest BCUT2D eigenvalue weighted by Gasteiger charge is 2.01. The summed E-state index contributed by atoms with van der Waals surface area (Å²) in [6, 6.07) is 17.3. The van der Waals surface area contributed by atoms with Crippen LogP contribution in [0, 0.1) is 0 Å². The minimum Gasteiger partial charge on any atom is -0.370 e. The average molecular weight is 310 g/mol. The monoisotopic (exact) mass is 310 g/mol. The third kappa shape index (κ3) is 5.82. The van der Waals surface area contributed by atoms with Gasteiger partial charge in [0.1, 0.15) is 0 Å². The van der Waals surface area contributed by atoms with Gasteiger partial charge in [0.25, 0.3) is 0 Å². The normalized spacial score (nSPS) is 11.1. The number of nitrogens with two attached hydrogens (primary N) is 1. The number of carbonyl (C=O) groups excluding carboxylic acids is 1. The number of aliphatic imine (C=N–C) groups is 1. The molecule has 0 aliphatic heterocycles. The van der Waals surface area contributed by atoms with Crippen LogP contribution in [0.25, 0.3) is 0 Å². The Morgan fingerprint density at radius 1 is 1.04 bits per heavy atom. The molecule has 0 radical (unpaired) electrons. The zero-order chi connectivity index (χ0) is 16.5. The summed E-state index contributed by atoms with van der Waals surface area (Å²) in [6.45, 7) is 2.43. The van der Waals surface area contributed by atoms with Crippen molar-refractivity contribution in [3.05, 3.63) is 60.2 Å². The Hall–Kier alpha value is -2.82. The zero-order valence-corrected chi connectivity index (χ0v) is 13.3. The molecule has 23 heavy (non-hydrogen) atoms. The third-order valence-corrected chi connectivity index (χ3v) is 3.17. The van der Waals surface area contributed by atoms with E-state index >= 15 is 0 Å². The van der Waals surface area contributed by atoms with Gasteiger partial charge in [-0.2, -0.15) is 0 Å². The van der Waals surface area contributed by atoms with Gasteiger partial charge in [0.05, 0.1) is 6.54 Å². The number of hydrogen-bond acceptors (Lipinski definition) is 2. The smallest absolute Gasteiger partial charge is 0.224 e. The van der Waals surface area contributed by atoms with E-state index in [1.54, 1.807) is 0 Å². The molecule has 4 N–H and O–H groups in total. The van der Waals surface area contributed by atoms with Gasteiger partial charge in [-0.25, -0.2) is 4.99 Å². The number of amides is 1. The molecule has 0 heterocycles. The van der Waals surface area contributed by atoms with Crippen molar-refractivity contribution in [2.75, 3.05) is 10.6 Å². The van der Waals surface area contributed by atoms with Crippen LogP contribution >= 0.6 is 0 Å². The highest BCUT2D eigenvalue weighted by molar-refractivity contribution is 5.92. The molecule has 0 spiro atoms. The lowest BCUT2D eigenvalue weighted by Crippen LogP contribution is -2.22. The molecule has 120 valence electrons. The van der Waals surface area contributed by atoms with Crippen LogP contribution in [0.3, 0.4) is 0 Å². The Morgan fingerprint density at radius 3 is 2.52 bits per heavy atom. The number of hydrogen-bond donors (Lipinski definition) is 3. The number of anilines is 2. The molecule has 2 aromatic rings. The Labute approximate surface area is 136 Å². The van der Waals surface area contributed by atoms with Crippen molar-refractivity contribution in [3.8, 4) is 0 Å². The predicted octanol–water partition coefficient (Wildman–Crippen LogP) is 3.35. The molecule has 0 saturated heterocycles. The van der Waals surface area contributed by atoms with Gasteiger partial charge in [0, 0.05) is 17.8 Å². The van der Waals surface area contributed by atoms with Crippen molar-refractivity contribution >= 4 is 23.2 Å². The first-order valence-corrected chi connectivity index (χ1v) is 7.68. The SMILES string of the molecule is CCCC(=O)Nc1cccc(CN=C(N)Nc2ccccc2)c1. The average Bonchev–Trinajstić information content (AvgIpc) is 2.54. The van der Waals surface area contributed by atoms with Crippen LogP contribution in [0.15, 0.2) is 59.6 Å². The lowest BCUT2D eigenvalue weighted by Gasteiger charge is -2.07. The van der Waals surface area contributed by atoms with E-state index in [0.717, 1.165) is 23.4 Å². The summed E-state index contributed by atoms with van der Waals surface area (Å²) >= 11 is 0. The van der Waals surface area contributed by atoms with E-state index in [9.17, 15) is 4.79 Å². The molecule has 5 heteroatoms. The Morgan fingerprint density at radius 2 is 1.78 bits per heavy atom. The predicted molar refractivity (Wildman–Crippen MR) is 95.4 cm³/mol. The van der Waals surface area contributed by atoms with Crippen molar-refractivity contribution in [1.82, 2.24) is 0 Å². The van der Waals surface area contributed by atoms with Crippen LogP contribution in [-0.2, 0) is 11.3 Å². The van der Waals surface area contributed by atoms with Gasteiger partial charge in [-0.15, -0.1) is 0 Å². The minimum absolute atomic E-state index is 0.0263. The van der Waals surface area contributed by atoms with Crippen LogP contribution in [0.5, 0.6) is 0 Å². The molecular weight excluding hydrogens is 288 g/mol. The summed E-state index contributed by atoms with van der Waals surface area (Å²) in [6.07, 6.45) is 1.35. The molecule has 0 saturated carbocycles. The lowest BCUT2D eigenvalue weighted by molar-refractivity contribution is -0.116.